The molecular weight excluding hydrogens is 338 g/mol. The highest BCUT2D eigenvalue weighted by Crippen LogP contribution is 2.31. The molecule has 1 aliphatic rings. The van der Waals surface area contributed by atoms with Crippen LogP contribution in [0.2, 0.25) is 0 Å². The van der Waals surface area contributed by atoms with E-state index in [0.29, 0.717) is 4.47 Å². The number of rotatable bonds is 3. The normalized spacial score (nSPS) is 24.6. The molecule has 2 rings (SSSR count). The molecule has 0 unspecified atom stereocenters. The van der Waals surface area contributed by atoms with E-state index in [1.165, 1.54) is 13.2 Å². The van der Waals surface area contributed by atoms with Crippen LogP contribution in [0.4, 0.5) is 0 Å². The number of halogens is 1. The molecule has 1 aromatic rings. The summed E-state index contributed by atoms with van der Waals surface area (Å²) >= 11 is 3.21. The zero-order valence-corrected chi connectivity index (χ0v) is 12.6. The molecule has 0 spiro atoms. The van der Waals surface area contributed by atoms with Gasteiger partial charge in [0.2, 0.25) is 10.0 Å². The summed E-state index contributed by atoms with van der Waals surface area (Å²) in [5, 5.41) is 18.9. The fourth-order valence-corrected chi connectivity index (χ4v) is 4.09. The molecule has 0 amide bonds. The monoisotopic (exact) mass is 351 g/mol. The summed E-state index contributed by atoms with van der Waals surface area (Å²) in [5.74, 6) is 0.221. The number of ether oxygens (including phenoxy) is 1. The van der Waals surface area contributed by atoms with E-state index in [0.717, 1.165) is 4.31 Å². The first kappa shape index (κ1) is 14.7. The molecule has 0 aromatic heterocycles. The minimum Gasteiger partial charge on any atom is -0.495 e. The molecule has 6 nitrogen and oxygen atoms in total. The minimum atomic E-state index is -3.81. The largest absolute Gasteiger partial charge is 0.495 e. The van der Waals surface area contributed by atoms with Gasteiger partial charge in [0.15, 0.2) is 0 Å². The number of sulfonamides is 1. The highest BCUT2D eigenvalue weighted by Gasteiger charge is 2.38. The number of benzene rings is 1. The van der Waals surface area contributed by atoms with Crippen LogP contribution >= 0.6 is 15.9 Å². The van der Waals surface area contributed by atoms with Crippen LogP contribution in [-0.4, -0.2) is 55.3 Å². The molecule has 1 heterocycles. The molecule has 2 N–H and O–H groups in total. The molecule has 19 heavy (non-hydrogen) atoms. The first-order valence-corrected chi connectivity index (χ1v) is 7.79. The number of β-amino-alcohol motifs (C(OH)–C–C–N with tert-alkyl or cyclic N) is 2. The van der Waals surface area contributed by atoms with Crippen molar-refractivity contribution in [2.24, 2.45) is 0 Å². The van der Waals surface area contributed by atoms with E-state index in [9.17, 15) is 18.6 Å². The van der Waals surface area contributed by atoms with Gasteiger partial charge in [0.05, 0.1) is 19.3 Å². The molecule has 1 fully saturated rings. The molecule has 106 valence electrons. The van der Waals surface area contributed by atoms with E-state index in [1.807, 2.05) is 0 Å². The Labute approximate surface area is 119 Å². The summed E-state index contributed by atoms with van der Waals surface area (Å²) in [4.78, 5) is 0.00525. The second-order valence-electron chi connectivity index (χ2n) is 4.25. The van der Waals surface area contributed by atoms with Crippen molar-refractivity contribution in [2.45, 2.75) is 17.1 Å². The maximum Gasteiger partial charge on any atom is 0.246 e. The second-order valence-corrected chi connectivity index (χ2v) is 7.07. The van der Waals surface area contributed by atoms with Crippen molar-refractivity contribution in [3.8, 4) is 5.75 Å². The number of hydrogen-bond donors (Lipinski definition) is 2. The number of nitrogens with zero attached hydrogens (tertiary/aromatic N) is 1. The molecular formula is C11H14BrNO5S. The van der Waals surface area contributed by atoms with Crippen LogP contribution in [-0.2, 0) is 10.0 Å². The topological polar surface area (TPSA) is 87.1 Å². The Hall–Kier alpha value is -0.670. The maximum atomic E-state index is 12.5. The van der Waals surface area contributed by atoms with E-state index in [-0.39, 0.29) is 23.7 Å². The molecule has 1 saturated heterocycles. The summed E-state index contributed by atoms with van der Waals surface area (Å²) in [6, 6.07) is 4.65. The van der Waals surface area contributed by atoms with Crippen LogP contribution < -0.4 is 4.74 Å². The van der Waals surface area contributed by atoms with Crippen molar-refractivity contribution in [3.05, 3.63) is 22.7 Å². The van der Waals surface area contributed by atoms with Gasteiger partial charge in [0, 0.05) is 17.6 Å². The average molecular weight is 352 g/mol. The zero-order chi connectivity index (χ0) is 14.2. The molecule has 2 atom stereocenters. The summed E-state index contributed by atoms with van der Waals surface area (Å²) < 4.78 is 31.6. The molecule has 8 heteroatoms. The Morgan fingerprint density at radius 2 is 1.89 bits per heavy atom. The number of hydrogen-bond acceptors (Lipinski definition) is 5. The van der Waals surface area contributed by atoms with Gasteiger partial charge in [0.25, 0.3) is 0 Å². The van der Waals surface area contributed by atoms with Crippen molar-refractivity contribution in [3.63, 3.8) is 0 Å². The van der Waals surface area contributed by atoms with Crippen molar-refractivity contribution in [1.29, 1.82) is 0 Å². The first-order valence-electron chi connectivity index (χ1n) is 5.56. The van der Waals surface area contributed by atoms with Gasteiger partial charge >= 0.3 is 0 Å². The molecule has 0 bridgehead atoms. The van der Waals surface area contributed by atoms with Crippen molar-refractivity contribution in [2.75, 3.05) is 20.2 Å². The molecule has 1 aliphatic heterocycles. The number of methoxy groups -OCH3 is 1. The first-order chi connectivity index (χ1) is 8.86. The second kappa shape index (κ2) is 5.37. The predicted octanol–water partition coefficient (Wildman–Crippen LogP) is 0.184. The lowest BCUT2D eigenvalue weighted by Crippen LogP contribution is -2.30. The average Bonchev–Trinajstić information content (AvgIpc) is 2.70. The summed E-state index contributed by atoms with van der Waals surface area (Å²) in [6.45, 7) is -0.252. The minimum absolute atomic E-state index is 0.00525. The Balaban J connectivity index is 2.43. The molecule has 0 aliphatic carbocycles. The fourth-order valence-electron chi connectivity index (χ4n) is 1.92. The van der Waals surface area contributed by atoms with Gasteiger partial charge in [-0.25, -0.2) is 8.42 Å². The van der Waals surface area contributed by atoms with Gasteiger partial charge < -0.3 is 14.9 Å². The quantitative estimate of drug-likeness (QED) is 0.811. The van der Waals surface area contributed by atoms with Gasteiger partial charge in [0.1, 0.15) is 10.6 Å². The Morgan fingerprint density at radius 1 is 1.32 bits per heavy atom. The van der Waals surface area contributed by atoms with Crippen LogP contribution in [0.3, 0.4) is 0 Å². The molecule has 1 aromatic carbocycles. The van der Waals surface area contributed by atoms with Crippen LogP contribution in [0.5, 0.6) is 5.75 Å². The lowest BCUT2D eigenvalue weighted by Gasteiger charge is -2.17. The predicted molar refractivity (Wildman–Crippen MR) is 71.5 cm³/mol. The van der Waals surface area contributed by atoms with E-state index >= 15 is 0 Å². The lowest BCUT2D eigenvalue weighted by atomic mass is 10.3. The smallest absolute Gasteiger partial charge is 0.246 e. The number of aliphatic hydroxyl groups excluding tert-OH is 2. The Bertz CT molecular complexity index is 566. The Kier molecular flexibility index (Phi) is 4.17. The van der Waals surface area contributed by atoms with Crippen LogP contribution in [0.1, 0.15) is 0 Å². The summed E-state index contributed by atoms with van der Waals surface area (Å²) in [5.41, 5.74) is 0. The van der Waals surface area contributed by atoms with Gasteiger partial charge in [-0.2, -0.15) is 4.31 Å². The number of aliphatic hydroxyl groups is 2. The fraction of sp³-hybridized carbons (Fsp3) is 0.455. The van der Waals surface area contributed by atoms with Crippen LogP contribution in [0, 0.1) is 0 Å². The standard InChI is InChI=1S/C11H14BrNO5S/c1-18-10-3-2-7(12)4-11(10)19(16,17)13-5-8(14)9(15)6-13/h2-4,8-9,14-15H,5-6H2,1H3/t8-,9+. The third kappa shape index (κ3) is 2.77. The zero-order valence-electron chi connectivity index (χ0n) is 10.2. The van der Waals surface area contributed by atoms with Crippen molar-refractivity contribution < 1.29 is 23.4 Å². The SMILES string of the molecule is COc1ccc(Br)cc1S(=O)(=O)N1C[C@@H](O)[C@@H](O)C1. The Morgan fingerprint density at radius 3 is 2.42 bits per heavy atom. The summed E-state index contributed by atoms with van der Waals surface area (Å²) in [7, 11) is -2.43. The molecule has 0 saturated carbocycles. The van der Waals surface area contributed by atoms with Gasteiger partial charge in [-0.05, 0) is 18.2 Å². The highest BCUT2D eigenvalue weighted by molar-refractivity contribution is 9.10. The van der Waals surface area contributed by atoms with Gasteiger partial charge in [-0.15, -0.1) is 0 Å². The van der Waals surface area contributed by atoms with Crippen molar-refractivity contribution >= 4 is 26.0 Å². The van der Waals surface area contributed by atoms with Gasteiger partial charge in [-0.1, -0.05) is 15.9 Å². The van der Waals surface area contributed by atoms with E-state index in [2.05, 4.69) is 15.9 Å². The van der Waals surface area contributed by atoms with E-state index in [1.54, 1.807) is 12.1 Å². The maximum absolute atomic E-state index is 12.5. The third-order valence-corrected chi connectivity index (χ3v) is 5.32. The summed E-state index contributed by atoms with van der Waals surface area (Å²) in [6.07, 6.45) is -2.12. The van der Waals surface area contributed by atoms with Crippen molar-refractivity contribution in [1.82, 2.24) is 4.31 Å². The van der Waals surface area contributed by atoms with Crippen LogP contribution in [0.25, 0.3) is 0 Å². The van der Waals surface area contributed by atoms with E-state index in [4.69, 9.17) is 4.74 Å². The third-order valence-electron chi connectivity index (χ3n) is 2.97. The molecule has 0 radical (unpaired) electrons. The van der Waals surface area contributed by atoms with Gasteiger partial charge in [-0.3, -0.25) is 0 Å². The highest BCUT2D eigenvalue weighted by atomic mass is 79.9. The van der Waals surface area contributed by atoms with Crippen LogP contribution in [0.15, 0.2) is 27.6 Å². The lowest BCUT2D eigenvalue weighted by molar-refractivity contribution is 0.0572. The van der Waals surface area contributed by atoms with E-state index < -0.39 is 22.2 Å².